The Kier molecular flexibility index (Phi) is 6.39. The van der Waals surface area contributed by atoms with Gasteiger partial charge in [-0.15, -0.1) is 0 Å². The third-order valence-corrected chi connectivity index (χ3v) is 3.43. The highest BCUT2D eigenvalue weighted by Crippen LogP contribution is 2.17. The normalized spacial score (nSPS) is 10.2. The molecule has 0 spiro atoms. The Morgan fingerprint density at radius 3 is 2.56 bits per heavy atom. The minimum atomic E-state index is -0.304. The molecule has 2 aromatic rings. The topological polar surface area (TPSA) is 79.5 Å². The van der Waals surface area contributed by atoms with E-state index in [1.54, 1.807) is 31.4 Å². The number of amides is 3. The Morgan fingerprint density at radius 1 is 1.08 bits per heavy atom. The highest BCUT2D eigenvalue weighted by atomic mass is 16.5. The molecule has 25 heavy (non-hydrogen) atoms. The molecule has 0 atom stereocenters. The number of ether oxygens (including phenoxy) is 1. The first-order chi connectivity index (χ1) is 12.0. The second kappa shape index (κ2) is 8.73. The molecule has 0 unspecified atom stereocenters. The van der Waals surface area contributed by atoms with Crippen molar-refractivity contribution in [1.29, 1.82) is 0 Å². The molecule has 3 amide bonds. The maximum absolute atomic E-state index is 12.4. The van der Waals surface area contributed by atoms with Crippen LogP contribution in [0.3, 0.4) is 0 Å². The van der Waals surface area contributed by atoms with E-state index in [0.29, 0.717) is 17.8 Å². The number of carbonyl (C=O) groups excluding carboxylic acids is 2. The van der Waals surface area contributed by atoms with Crippen LogP contribution in [0.5, 0.6) is 5.75 Å². The van der Waals surface area contributed by atoms with Crippen molar-refractivity contribution >= 4 is 17.6 Å². The van der Waals surface area contributed by atoms with Crippen molar-refractivity contribution in [2.24, 2.45) is 0 Å². The first-order valence-corrected chi connectivity index (χ1v) is 8.07. The third-order valence-electron chi connectivity index (χ3n) is 3.43. The molecule has 6 nitrogen and oxygen atoms in total. The van der Waals surface area contributed by atoms with E-state index in [4.69, 9.17) is 4.74 Å². The number of carbonyl (C=O) groups is 2. The maximum atomic E-state index is 12.4. The third kappa shape index (κ3) is 5.53. The summed E-state index contributed by atoms with van der Waals surface area (Å²) >= 11 is 0. The van der Waals surface area contributed by atoms with E-state index < -0.39 is 0 Å². The number of hydrogen-bond acceptors (Lipinski definition) is 3. The van der Waals surface area contributed by atoms with E-state index in [1.165, 1.54) is 0 Å². The van der Waals surface area contributed by atoms with Crippen LogP contribution < -0.4 is 20.7 Å². The standard InChI is InChI=1S/C19H23N3O3/c1-13(2)21-19(24)22-16-9-6-8-14(11-16)18(23)20-12-15-7-4-5-10-17(15)25-3/h4-11,13H,12H2,1-3H3,(H,20,23)(H2,21,22,24). The molecule has 0 aliphatic heterocycles. The molecule has 2 rings (SSSR count). The van der Waals surface area contributed by atoms with Crippen LogP contribution in [0.1, 0.15) is 29.8 Å². The zero-order valence-corrected chi connectivity index (χ0v) is 14.6. The van der Waals surface area contributed by atoms with Gasteiger partial charge in [0.05, 0.1) is 7.11 Å². The molecule has 0 radical (unpaired) electrons. The van der Waals surface area contributed by atoms with Crippen molar-refractivity contribution in [2.75, 3.05) is 12.4 Å². The van der Waals surface area contributed by atoms with Crippen molar-refractivity contribution in [3.05, 3.63) is 59.7 Å². The molecule has 0 bridgehead atoms. The second-order valence-electron chi connectivity index (χ2n) is 5.83. The summed E-state index contributed by atoms with van der Waals surface area (Å²) in [4.78, 5) is 24.1. The van der Waals surface area contributed by atoms with Crippen molar-refractivity contribution in [1.82, 2.24) is 10.6 Å². The number of nitrogens with one attached hydrogen (secondary N) is 3. The molecule has 132 valence electrons. The smallest absolute Gasteiger partial charge is 0.319 e. The van der Waals surface area contributed by atoms with Crippen LogP contribution in [-0.4, -0.2) is 25.1 Å². The van der Waals surface area contributed by atoms with Gasteiger partial charge in [-0.05, 0) is 38.1 Å². The number of benzene rings is 2. The van der Waals surface area contributed by atoms with E-state index >= 15 is 0 Å². The lowest BCUT2D eigenvalue weighted by Crippen LogP contribution is -2.34. The van der Waals surface area contributed by atoms with Crippen LogP contribution in [0.2, 0.25) is 0 Å². The van der Waals surface area contributed by atoms with Crippen LogP contribution in [-0.2, 0) is 6.54 Å². The van der Waals surface area contributed by atoms with Gasteiger partial charge >= 0.3 is 6.03 Å². The summed E-state index contributed by atoms with van der Waals surface area (Å²) in [5.74, 6) is 0.502. The summed E-state index contributed by atoms with van der Waals surface area (Å²) in [5.41, 5.74) is 1.92. The van der Waals surface area contributed by atoms with Gasteiger partial charge in [0.2, 0.25) is 0 Å². The van der Waals surface area contributed by atoms with Gasteiger partial charge in [-0.1, -0.05) is 24.3 Å². The van der Waals surface area contributed by atoms with Crippen LogP contribution in [0.15, 0.2) is 48.5 Å². The number of methoxy groups -OCH3 is 1. The average Bonchev–Trinajstić information content (AvgIpc) is 2.59. The minimum Gasteiger partial charge on any atom is -0.496 e. The lowest BCUT2D eigenvalue weighted by atomic mass is 10.1. The van der Waals surface area contributed by atoms with Crippen LogP contribution in [0.25, 0.3) is 0 Å². The van der Waals surface area contributed by atoms with Gasteiger partial charge in [0.15, 0.2) is 0 Å². The average molecular weight is 341 g/mol. The lowest BCUT2D eigenvalue weighted by molar-refractivity contribution is 0.0950. The van der Waals surface area contributed by atoms with Gasteiger partial charge < -0.3 is 20.7 Å². The predicted octanol–water partition coefficient (Wildman–Crippen LogP) is 3.16. The molecular weight excluding hydrogens is 318 g/mol. The largest absolute Gasteiger partial charge is 0.496 e. The summed E-state index contributed by atoms with van der Waals surface area (Å²) in [6.45, 7) is 4.11. The summed E-state index contributed by atoms with van der Waals surface area (Å²) < 4.78 is 5.27. The minimum absolute atomic E-state index is 0.0346. The SMILES string of the molecule is COc1ccccc1CNC(=O)c1cccc(NC(=O)NC(C)C)c1. The van der Waals surface area contributed by atoms with Gasteiger partial charge in [-0.3, -0.25) is 4.79 Å². The van der Waals surface area contributed by atoms with E-state index in [1.807, 2.05) is 38.1 Å². The molecule has 0 aromatic heterocycles. The molecule has 2 aromatic carbocycles. The Labute approximate surface area is 147 Å². The predicted molar refractivity (Wildman–Crippen MR) is 97.9 cm³/mol. The number of urea groups is 1. The Hall–Kier alpha value is -3.02. The van der Waals surface area contributed by atoms with E-state index in [9.17, 15) is 9.59 Å². The summed E-state index contributed by atoms with van der Waals surface area (Å²) in [5, 5.41) is 8.30. The van der Waals surface area contributed by atoms with Gasteiger partial charge in [-0.2, -0.15) is 0 Å². The van der Waals surface area contributed by atoms with Crippen LogP contribution in [0, 0.1) is 0 Å². The van der Waals surface area contributed by atoms with E-state index in [2.05, 4.69) is 16.0 Å². The quantitative estimate of drug-likeness (QED) is 0.755. The summed E-state index contributed by atoms with van der Waals surface area (Å²) in [7, 11) is 1.60. The van der Waals surface area contributed by atoms with Gasteiger partial charge in [0.25, 0.3) is 5.91 Å². The summed E-state index contributed by atoms with van der Waals surface area (Å²) in [6, 6.07) is 14.0. The molecule has 0 aliphatic carbocycles. The Balaban J connectivity index is 2.00. The van der Waals surface area contributed by atoms with Crippen molar-refractivity contribution in [3.63, 3.8) is 0 Å². The van der Waals surface area contributed by atoms with Gasteiger partial charge in [-0.25, -0.2) is 4.79 Å². The van der Waals surface area contributed by atoms with Gasteiger partial charge in [0.1, 0.15) is 5.75 Å². The number of rotatable bonds is 6. The molecular formula is C19H23N3O3. The first kappa shape index (κ1) is 18.3. The molecule has 0 aliphatic rings. The maximum Gasteiger partial charge on any atom is 0.319 e. The number of para-hydroxylation sites is 1. The fourth-order valence-electron chi connectivity index (χ4n) is 2.29. The highest BCUT2D eigenvalue weighted by Gasteiger charge is 2.09. The van der Waals surface area contributed by atoms with Crippen LogP contribution >= 0.6 is 0 Å². The highest BCUT2D eigenvalue weighted by molar-refractivity contribution is 5.96. The Bertz CT molecular complexity index is 744. The molecule has 6 heteroatoms. The molecule has 0 saturated heterocycles. The van der Waals surface area contributed by atoms with E-state index in [0.717, 1.165) is 11.3 Å². The number of hydrogen-bond donors (Lipinski definition) is 3. The monoisotopic (exact) mass is 341 g/mol. The Morgan fingerprint density at radius 2 is 1.84 bits per heavy atom. The van der Waals surface area contributed by atoms with Crippen molar-refractivity contribution in [3.8, 4) is 5.75 Å². The molecule has 0 heterocycles. The van der Waals surface area contributed by atoms with Crippen molar-refractivity contribution in [2.45, 2.75) is 26.4 Å². The second-order valence-corrected chi connectivity index (χ2v) is 5.83. The number of anilines is 1. The van der Waals surface area contributed by atoms with E-state index in [-0.39, 0.29) is 18.0 Å². The van der Waals surface area contributed by atoms with Gasteiger partial charge in [0, 0.05) is 29.4 Å². The molecule has 0 saturated carbocycles. The fourth-order valence-corrected chi connectivity index (χ4v) is 2.29. The molecule has 0 fully saturated rings. The molecule has 3 N–H and O–H groups in total. The first-order valence-electron chi connectivity index (χ1n) is 8.07. The van der Waals surface area contributed by atoms with Crippen LogP contribution in [0.4, 0.5) is 10.5 Å². The zero-order chi connectivity index (χ0) is 18.2. The lowest BCUT2D eigenvalue weighted by Gasteiger charge is -2.12. The summed E-state index contributed by atoms with van der Waals surface area (Å²) in [6.07, 6.45) is 0. The zero-order valence-electron chi connectivity index (χ0n) is 14.6. The fraction of sp³-hybridized carbons (Fsp3) is 0.263. The van der Waals surface area contributed by atoms with Crippen molar-refractivity contribution < 1.29 is 14.3 Å².